The molecular weight excluding hydrogens is 432 g/mol. The Morgan fingerprint density at radius 2 is 1.69 bits per heavy atom. The van der Waals surface area contributed by atoms with Crippen molar-refractivity contribution in [1.29, 1.82) is 0 Å². The van der Waals surface area contributed by atoms with Gasteiger partial charge in [0.1, 0.15) is 0 Å². The molecule has 1 aromatic heterocycles. The number of sulfonamides is 1. The maximum Gasteiger partial charge on any atom is 0.276 e. The molecule has 10 heteroatoms. The van der Waals surface area contributed by atoms with Crippen molar-refractivity contribution in [3.05, 3.63) is 23.9 Å². The fourth-order valence-corrected chi connectivity index (χ4v) is 6.50. The van der Waals surface area contributed by atoms with Gasteiger partial charge in [0.15, 0.2) is 11.3 Å². The summed E-state index contributed by atoms with van der Waals surface area (Å²) in [5, 5.41) is 4.38. The monoisotopic (exact) mass is 462 g/mol. The summed E-state index contributed by atoms with van der Waals surface area (Å²) in [5.74, 6) is -0.261. The van der Waals surface area contributed by atoms with E-state index in [-0.39, 0.29) is 16.5 Å². The van der Waals surface area contributed by atoms with Crippen LogP contribution >= 0.6 is 0 Å². The molecular formula is C22H30N4O5S. The van der Waals surface area contributed by atoms with E-state index < -0.39 is 10.0 Å². The van der Waals surface area contributed by atoms with Crippen LogP contribution in [0.4, 0.5) is 0 Å². The van der Waals surface area contributed by atoms with E-state index in [9.17, 15) is 13.2 Å². The number of benzene rings is 1. The number of amides is 1. The van der Waals surface area contributed by atoms with Crippen molar-refractivity contribution >= 4 is 26.9 Å². The summed E-state index contributed by atoms with van der Waals surface area (Å²) in [7, 11) is -3.66. The molecule has 3 aliphatic rings. The lowest BCUT2D eigenvalue weighted by Crippen LogP contribution is -2.52. The molecule has 1 amide bonds. The summed E-state index contributed by atoms with van der Waals surface area (Å²) >= 11 is 0. The van der Waals surface area contributed by atoms with E-state index in [0.29, 0.717) is 56.4 Å². The smallest absolute Gasteiger partial charge is 0.276 e. The summed E-state index contributed by atoms with van der Waals surface area (Å²) in [6, 6.07) is 5.25. The Labute approximate surface area is 188 Å². The third-order valence-corrected chi connectivity index (χ3v) is 8.84. The zero-order valence-electron chi connectivity index (χ0n) is 18.2. The maximum atomic E-state index is 13.4. The molecule has 5 rings (SSSR count). The highest BCUT2D eigenvalue weighted by molar-refractivity contribution is 7.89. The number of carbonyl (C=O) groups excluding carboxylic acids is 1. The summed E-state index contributed by atoms with van der Waals surface area (Å²) in [5.41, 5.74) is 0.559. The summed E-state index contributed by atoms with van der Waals surface area (Å²) in [6.07, 6.45) is 6.29. The van der Waals surface area contributed by atoms with Gasteiger partial charge in [-0.25, -0.2) is 8.42 Å². The van der Waals surface area contributed by atoms with Gasteiger partial charge in [-0.1, -0.05) is 24.4 Å². The van der Waals surface area contributed by atoms with Crippen molar-refractivity contribution in [2.45, 2.75) is 43.0 Å². The molecule has 3 fully saturated rings. The Balaban J connectivity index is 1.34. The van der Waals surface area contributed by atoms with Gasteiger partial charge in [-0.05, 0) is 31.0 Å². The molecule has 9 nitrogen and oxygen atoms in total. The van der Waals surface area contributed by atoms with Crippen LogP contribution in [0.3, 0.4) is 0 Å². The first-order chi connectivity index (χ1) is 15.5. The predicted octanol–water partition coefficient (Wildman–Crippen LogP) is 1.94. The first kappa shape index (κ1) is 21.8. The van der Waals surface area contributed by atoms with E-state index in [1.165, 1.54) is 38.2 Å². The van der Waals surface area contributed by atoms with Crippen LogP contribution in [0.2, 0.25) is 0 Å². The van der Waals surface area contributed by atoms with E-state index in [4.69, 9.17) is 9.26 Å². The topological polar surface area (TPSA) is 96.2 Å². The molecule has 0 atom stereocenters. The second kappa shape index (κ2) is 9.09. The zero-order valence-corrected chi connectivity index (χ0v) is 19.1. The fourth-order valence-electron chi connectivity index (χ4n) is 5.05. The van der Waals surface area contributed by atoms with Gasteiger partial charge >= 0.3 is 0 Å². The van der Waals surface area contributed by atoms with Crippen molar-refractivity contribution < 1.29 is 22.5 Å². The van der Waals surface area contributed by atoms with Gasteiger partial charge < -0.3 is 14.2 Å². The Morgan fingerprint density at radius 1 is 0.969 bits per heavy atom. The molecule has 0 bridgehead atoms. The highest BCUT2D eigenvalue weighted by Gasteiger charge is 2.32. The number of nitrogens with zero attached hydrogens (tertiary/aromatic N) is 4. The normalized spacial score (nSPS) is 22.4. The van der Waals surface area contributed by atoms with Crippen molar-refractivity contribution in [1.82, 2.24) is 19.3 Å². The van der Waals surface area contributed by atoms with Gasteiger partial charge in [-0.15, -0.1) is 0 Å². The molecule has 3 heterocycles. The van der Waals surface area contributed by atoms with Crippen molar-refractivity contribution in [3.8, 4) is 0 Å². The molecule has 2 aromatic rings. The van der Waals surface area contributed by atoms with Gasteiger partial charge in [0, 0.05) is 45.3 Å². The average molecular weight is 463 g/mol. The first-order valence-corrected chi connectivity index (χ1v) is 13.0. The summed E-state index contributed by atoms with van der Waals surface area (Å²) in [4.78, 5) is 17.2. The van der Waals surface area contributed by atoms with E-state index in [0.717, 1.165) is 13.1 Å². The SMILES string of the molecule is O=C(c1noc2ccc(S(=O)(=O)N3CCN(C4CCCCC4)CC3)cc12)N1CCOCC1. The van der Waals surface area contributed by atoms with E-state index in [1.54, 1.807) is 21.3 Å². The molecule has 174 valence electrons. The molecule has 0 radical (unpaired) electrons. The Bertz CT molecular complexity index is 1070. The van der Waals surface area contributed by atoms with Crippen molar-refractivity contribution in [2.75, 3.05) is 52.5 Å². The van der Waals surface area contributed by atoms with Gasteiger partial charge in [0.25, 0.3) is 5.91 Å². The number of hydrogen-bond acceptors (Lipinski definition) is 7. The minimum Gasteiger partial charge on any atom is -0.378 e. The summed E-state index contributed by atoms with van der Waals surface area (Å²) < 4.78 is 38.9. The van der Waals surface area contributed by atoms with Gasteiger partial charge in [-0.3, -0.25) is 9.69 Å². The van der Waals surface area contributed by atoms with Crippen molar-refractivity contribution in [2.24, 2.45) is 0 Å². The summed E-state index contributed by atoms with van der Waals surface area (Å²) in [6.45, 7) is 4.43. The number of rotatable bonds is 4. The van der Waals surface area contributed by atoms with E-state index in [1.807, 2.05) is 0 Å². The third-order valence-electron chi connectivity index (χ3n) is 6.94. The lowest BCUT2D eigenvalue weighted by molar-refractivity contribution is 0.0297. The number of carbonyl (C=O) groups is 1. The lowest BCUT2D eigenvalue weighted by atomic mass is 9.94. The molecule has 32 heavy (non-hydrogen) atoms. The van der Waals surface area contributed by atoms with Gasteiger partial charge in [0.2, 0.25) is 10.0 Å². The van der Waals surface area contributed by atoms with Gasteiger partial charge in [0.05, 0.1) is 23.5 Å². The second-order valence-corrected chi connectivity index (χ2v) is 10.8. The largest absolute Gasteiger partial charge is 0.378 e. The Morgan fingerprint density at radius 3 is 2.41 bits per heavy atom. The predicted molar refractivity (Wildman–Crippen MR) is 118 cm³/mol. The fraction of sp³-hybridized carbons (Fsp3) is 0.636. The van der Waals surface area contributed by atoms with E-state index >= 15 is 0 Å². The minimum atomic E-state index is -3.66. The van der Waals surface area contributed by atoms with Crippen LogP contribution in [-0.2, 0) is 14.8 Å². The molecule has 1 saturated carbocycles. The zero-order chi connectivity index (χ0) is 22.1. The molecule has 1 aromatic carbocycles. The van der Waals surface area contributed by atoms with Crippen LogP contribution < -0.4 is 0 Å². The van der Waals surface area contributed by atoms with Crippen LogP contribution in [0, 0.1) is 0 Å². The lowest BCUT2D eigenvalue weighted by Gasteiger charge is -2.40. The van der Waals surface area contributed by atoms with Crippen molar-refractivity contribution in [3.63, 3.8) is 0 Å². The highest BCUT2D eigenvalue weighted by Crippen LogP contribution is 2.28. The molecule has 2 aliphatic heterocycles. The number of piperazine rings is 1. The second-order valence-electron chi connectivity index (χ2n) is 8.83. The standard InChI is InChI=1S/C22H30N4O5S/c27-22(25-12-14-30-15-13-25)21-19-16-18(6-7-20(19)31-23-21)32(28,29)26-10-8-24(9-11-26)17-4-2-1-3-5-17/h6-7,16-17H,1-5,8-15H2. The molecule has 0 unspecified atom stereocenters. The number of morpholine rings is 1. The van der Waals surface area contributed by atoms with Gasteiger partial charge in [-0.2, -0.15) is 4.31 Å². The molecule has 0 spiro atoms. The molecule has 0 N–H and O–H groups in total. The minimum absolute atomic E-state index is 0.154. The third kappa shape index (κ3) is 4.16. The number of ether oxygens (including phenoxy) is 1. The van der Waals surface area contributed by atoms with Crippen LogP contribution in [-0.4, -0.2) is 92.1 Å². The van der Waals surface area contributed by atoms with Crippen LogP contribution in [0.5, 0.6) is 0 Å². The van der Waals surface area contributed by atoms with E-state index in [2.05, 4.69) is 10.1 Å². The van der Waals surface area contributed by atoms with Crippen LogP contribution in [0.15, 0.2) is 27.6 Å². The number of aromatic nitrogens is 1. The molecule has 1 aliphatic carbocycles. The van der Waals surface area contributed by atoms with Crippen LogP contribution in [0.25, 0.3) is 11.0 Å². The quantitative estimate of drug-likeness (QED) is 0.685. The molecule has 2 saturated heterocycles. The maximum absolute atomic E-state index is 13.4. The number of hydrogen-bond donors (Lipinski definition) is 0. The highest BCUT2D eigenvalue weighted by atomic mass is 32.2. The average Bonchev–Trinajstić information content (AvgIpc) is 3.28. The Kier molecular flexibility index (Phi) is 6.20. The number of fused-ring (bicyclic) bond motifs is 1. The Hall–Kier alpha value is -2.01. The first-order valence-electron chi connectivity index (χ1n) is 11.5. The van der Waals surface area contributed by atoms with Crippen LogP contribution in [0.1, 0.15) is 42.6 Å².